The van der Waals surface area contributed by atoms with Crippen molar-refractivity contribution in [2.24, 2.45) is 16.3 Å². The van der Waals surface area contributed by atoms with Gasteiger partial charge >= 0.3 is 0 Å². The van der Waals surface area contributed by atoms with E-state index in [0.717, 1.165) is 51.3 Å². The smallest absolute Gasteiger partial charge is 0.225 e. The van der Waals surface area contributed by atoms with Crippen molar-refractivity contribution in [3.05, 3.63) is 0 Å². The molecule has 0 spiro atoms. The van der Waals surface area contributed by atoms with Crippen molar-refractivity contribution in [2.75, 3.05) is 26.7 Å². The average Bonchev–Trinajstić information content (AvgIpc) is 2.65. The average molecular weight is 508 g/mol. The van der Waals surface area contributed by atoms with Gasteiger partial charge in [0.2, 0.25) is 5.91 Å². The second-order valence-corrected chi connectivity index (χ2v) is 8.94. The normalized spacial score (nSPS) is 25.1. The summed E-state index contributed by atoms with van der Waals surface area (Å²) in [4.78, 5) is 18.5. The summed E-state index contributed by atoms with van der Waals surface area (Å²) in [5.74, 6) is 1.22. The molecule has 2 fully saturated rings. The third-order valence-electron chi connectivity index (χ3n) is 6.17. The molecule has 2 atom stereocenters. The highest BCUT2D eigenvalue weighted by molar-refractivity contribution is 14.0. The Bertz CT molecular complexity index is 517. The zero-order chi connectivity index (χ0) is 20.0. The molecule has 1 saturated carbocycles. The van der Waals surface area contributed by atoms with Crippen molar-refractivity contribution in [3.63, 3.8) is 0 Å². The van der Waals surface area contributed by atoms with Crippen molar-refractivity contribution in [1.82, 2.24) is 15.5 Å². The minimum absolute atomic E-state index is 0. The lowest BCUT2D eigenvalue weighted by atomic mass is 9.64. The number of rotatable bonds is 7. The van der Waals surface area contributed by atoms with Gasteiger partial charge in [-0.2, -0.15) is 0 Å². The number of nitrogens with zero attached hydrogens (tertiary/aromatic N) is 2. The highest BCUT2D eigenvalue weighted by atomic mass is 127. The molecule has 7 heteroatoms. The molecule has 164 valence electrons. The van der Waals surface area contributed by atoms with Crippen molar-refractivity contribution in [3.8, 4) is 0 Å². The summed E-state index contributed by atoms with van der Waals surface area (Å²) in [5.41, 5.74) is 0.110. The molecular formula is C21H41IN4O2. The topological polar surface area (TPSA) is 66.0 Å². The fourth-order valence-electron chi connectivity index (χ4n) is 3.92. The zero-order valence-electron chi connectivity index (χ0n) is 18.6. The second-order valence-electron chi connectivity index (χ2n) is 8.94. The number of ether oxygens (including phenoxy) is 1. The van der Waals surface area contributed by atoms with E-state index in [1.807, 2.05) is 25.8 Å². The summed E-state index contributed by atoms with van der Waals surface area (Å²) in [6.45, 7) is 13.2. The Labute approximate surface area is 188 Å². The van der Waals surface area contributed by atoms with Crippen molar-refractivity contribution in [1.29, 1.82) is 0 Å². The number of piperidine rings is 1. The first-order chi connectivity index (χ1) is 12.8. The molecule has 0 bridgehead atoms. The lowest BCUT2D eigenvalue weighted by Gasteiger charge is -2.52. The van der Waals surface area contributed by atoms with E-state index in [2.05, 4.69) is 36.4 Å². The fraction of sp³-hybridized carbons (Fsp3) is 0.905. The standard InChI is InChI=1S/C21H40N4O2.HI/c1-7-8-13-27-18-14-17(21(18,4)5)24-20(22-6)23-16-9-11-25(12-10-16)19(26)15(2)3;/h15-18H,7-14H2,1-6H3,(H2,22,23,24);1H. The van der Waals surface area contributed by atoms with Gasteiger partial charge in [-0.05, 0) is 25.7 Å². The summed E-state index contributed by atoms with van der Waals surface area (Å²) in [6, 6.07) is 0.741. The van der Waals surface area contributed by atoms with E-state index in [1.54, 1.807) is 0 Å². The molecule has 1 saturated heterocycles. The molecule has 1 aliphatic carbocycles. The number of aliphatic imine (C=N–C) groups is 1. The Morgan fingerprint density at radius 2 is 1.89 bits per heavy atom. The molecule has 2 unspecified atom stereocenters. The Balaban J connectivity index is 0.00000392. The number of nitrogens with one attached hydrogen (secondary N) is 2. The Morgan fingerprint density at radius 1 is 1.25 bits per heavy atom. The molecule has 2 N–H and O–H groups in total. The van der Waals surface area contributed by atoms with Crippen molar-refractivity contribution < 1.29 is 9.53 Å². The Morgan fingerprint density at radius 3 is 2.39 bits per heavy atom. The highest BCUT2D eigenvalue weighted by Gasteiger charge is 2.49. The summed E-state index contributed by atoms with van der Waals surface area (Å²) >= 11 is 0. The van der Waals surface area contributed by atoms with Crippen LogP contribution in [0.5, 0.6) is 0 Å². The SMILES string of the molecule is CCCCOC1CC(NC(=NC)NC2CCN(C(=O)C(C)C)CC2)C1(C)C.I. The van der Waals surface area contributed by atoms with Gasteiger partial charge in [0.1, 0.15) is 0 Å². The van der Waals surface area contributed by atoms with Crippen LogP contribution in [0.1, 0.15) is 66.7 Å². The number of amides is 1. The lowest BCUT2D eigenvalue weighted by Crippen LogP contribution is -2.64. The molecule has 0 aromatic heterocycles. The van der Waals surface area contributed by atoms with Gasteiger partial charge < -0.3 is 20.3 Å². The molecule has 1 amide bonds. The van der Waals surface area contributed by atoms with E-state index in [-0.39, 0.29) is 41.2 Å². The molecule has 0 aromatic rings. The third kappa shape index (κ3) is 6.47. The van der Waals surface area contributed by atoms with E-state index in [9.17, 15) is 4.79 Å². The molecule has 0 radical (unpaired) electrons. The van der Waals surface area contributed by atoms with Gasteiger partial charge in [0.15, 0.2) is 5.96 Å². The van der Waals surface area contributed by atoms with Gasteiger partial charge in [-0.3, -0.25) is 9.79 Å². The van der Waals surface area contributed by atoms with E-state index in [1.165, 1.54) is 6.42 Å². The lowest BCUT2D eigenvalue weighted by molar-refractivity contribution is -0.135. The van der Waals surface area contributed by atoms with Gasteiger partial charge in [0.25, 0.3) is 0 Å². The molecule has 28 heavy (non-hydrogen) atoms. The maximum absolute atomic E-state index is 12.1. The molecule has 1 aliphatic heterocycles. The van der Waals surface area contributed by atoms with Crippen LogP contribution in [0.4, 0.5) is 0 Å². The zero-order valence-corrected chi connectivity index (χ0v) is 20.9. The van der Waals surface area contributed by atoms with Crippen LogP contribution in [0.15, 0.2) is 4.99 Å². The maximum Gasteiger partial charge on any atom is 0.225 e. The Hall–Kier alpha value is -0.570. The molecular weight excluding hydrogens is 467 g/mol. The predicted octanol–water partition coefficient (Wildman–Crippen LogP) is 3.40. The van der Waals surface area contributed by atoms with Gasteiger partial charge in [-0.1, -0.05) is 41.0 Å². The summed E-state index contributed by atoms with van der Waals surface area (Å²) in [7, 11) is 1.83. The van der Waals surface area contributed by atoms with E-state index in [4.69, 9.17) is 4.74 Å². The largest absolute Gasteiger partial charge is 0.378 e. The number of guanidine groups is 1. The van der Waals surface area contributed by atoms with E-state index < -0.39 is 0 Å². The van der Waals surface area contributed by atoms with E-state index in [0.29, 0.717) is 18.2 Å². The van der Waals surface area contributed by atoms with Crippen LogP contribution in [0, 0.1) is 11.3 Å². The third-order valence-corrected chi connectivity index (χ3v) is 6.17. The van der Waals surface area contributed by atoms with Crippen LogP contribution < -0.4 is 10.6 Å². The minimum atomic E-state index is 0. The summed E-state index contributed by atoms with van der Waals surface area (Å²) < 4.78 is 6.04. The van der Waals surface area contributed by atoms with Gasteiger partial charge in [0, 0.05) is 50.2 Å². The Kier molecular flexibility index (Phi) is 10.5. The first-order valence-corrected chi connectivity index (χ1v) is 10.7. The van der Waals surface area contributed by atoms with Crippen LogP contribution in [0.2, 0.25) is 0 Å². The van der Waals surface area contributed by atoms with Crippen LogP contribution in [-0.4, -0.2) is 61.7 Å². The highest BCUT2D eigenvalue weighted by Crippen LogP contribution is 2.42. The van der Waals surface area contributed by atoms with E-state index >= 15 is 0 Å². The summed E-state index contributed by atoms with van der Waals surface area (Å²) in [6.07, 6.45) is 5.59. The minimum Gasteiger partial charge on any atom is -0.378 e. The number of carbonyl (C=O) groups excluding carboxylic acids is 1. The molecule has 2 aliphatic rings. The van der Waals surface area contributed by atoms with Crippen molar-refractivity contribution >= 4 is 35.8 Å². The predicted molar refractivity (Wildman–Crippen MR) is 126 cm³/mol. The maximum atomic E-state index is 12.1. The van der Waals surface area contributed by atoms with Crippen LogP contribution in [0.3, 0.4) is 0 Å². The van der Waals surface area contributed by atoms with Crippen LogP contribution >= 0.6 is 24.0 Å². The molecule has 2 rings (SSSR count). The number of hydrogen-bond donors (Lipinski definition) is 2. The first-order valence-electron chi connectivity index (χ1n) is 10.7. The number of halogens is 1. The van der Waals surface area contributed by atoms with Gasteiger partial charge in [-0.15, -0.1) is 24.0 Å². The number of hydrogen-bond acceptors (Lipinski definition) is 3. The number of carbonyl (C=O) groups is 1. The van der Waals surface area contributed by atoms with Crippen molar-refractivity contribution in [2.45, 2.75) is 84.9 Å². The van der Waals surface area contributed by atoms with Crippen LogP contribution in [-0.2, 0) is 9.53 Å². The number of likely N-dealkylation sites (tertiary alicyclic amines) is 1. The molecule has 1 heterocycles. The fourth-order valence-corrected chi connectivity index (χ4v) is 3.92. The first kappa shape index (κ1) is 25.5. The summed E-state index contributed by atoms with van der Waals surface area (Å²) in [5, 5.41) is 7.15. The van der Waals surface area contributed by atoms with Crippen LogP contribution in [0.25, 0.3) is 0 Å². The second kappa shape index (κ2) is 11.6. The monoisotopic (exact) mass is 508 g/mol. The number of unbranched alkanes of at least 4 members (excludes halogenated alkanes) is 1. The van der Waals surface area contributed by atoms with Gasteiger partial charge in [-0.25, -0.2) is 0 Å². The quantitative estimate of drug-likeness (QED) is 0.240. The molecule has 0 aromatic carbocycles. The van der Waals surface area contributed by atoms with Gasteiger partial charge in [0.05, 0.1) is 6.10 Å². The molecule has 6 nitrogen and oxygen atoms in total.